The SMILES string of the molecule is NS(=O)(=O)Cc1n[nH]c2c1CCCC2. The molecule has 0 unspecified atom stereocenters. The van der Waals surface area contributed by atoms with Crippen LogP contribution in [0, 0.1) is 0 Å². The Morgan fingerprint density at radius 2 is 2.07 bits per heavy atom. The number of nitrogens with one attached hydrogen (secondary N) is 1. The molecule has 1 aliphatic carbocycles. The van der Waals surface area contributed by atoms with Crippen molar-refractivity contribution in [3.63, 3.8) is 0 Å². The minimum atomic E-state index is -3.46. The first-order chi connectivity index (χ1) is 6.56. The smallest absolute Gasteiger partial charge is 0.214 e. The van der Waals surface area contributed by atoms with Gasteiger partial charge in [-0.2, -0.15) is 5.10 Å². The number of rotatable bonds is 2. The van der Waals surface area contributed by atoms with Crippen molar-refractivity contribution in [3.8, 4) is 0 Å². The van der Waals surface area contributed by atoms with Crippen LogP contribution in [0.5, 0.6) is 0 Å². The van der Waals surface area contributed by atoms with Gasteiger partial charge < -0.3 is 0 Å². The standard InChI is InChI=1S/C8H13N3O2S/c9-14(12,13)5-8-6-3-1-2-4-7(6)10-11-8/h1-5H2,(H,10,11)(H2,9,12,13). The summed E-state index contributed by atoms with van der Waals surface area (Å²) in [5.41, 5.74) is 2.74. The van der Waals surface area contributed by atoms with Crippen LogP contribution in [0.25, 0.3) is 0 Å². The average molecular weight is 215 g/mol. The van der Waals surface area contributed by atoms with Crippen LogP contribution < -0.4 is 5.14 Å². The van der Waals surface area contributed by atoms with E-state index in [1.165, 1.54) is 0 Å². The fourth-order valence-corrected chi connectivity index (χ4v) is 2.48. The van der Waals surface area contributed by atoms with Gasteiger partial charge >= 0.3 is 0 Å². The Bertz CT molecular complexity index is 435. The molecule has 0 saturated heterocycles. The van der Waals surface area contributed by atoms with Crippen molar-refractivity contribution in [1.29, 1.82) is 0 Å². The molecule has 78 valence electrons. The van der Waals surface area contributed by atoms with Crippen molar-refractivity contribution in [3.05, 3.63) is 17.0 Å². The van der Waals surface area contributed by atoms with Crippen LogP contribution in [-0.4, -0.2) is 18.6 Å². The van der Waals surface area contributed by atoms with Gasteiger partial charge in [0.15, 0.2) is 0 Å². The molecule has 6 heteroatoms. The second kappa shape index (κ2) is 3.36. The summed E-state index contributed by atoms with van der Waals surface area (Å²) in [5.74, 6) is -0.154. The maximum absolute atomic E-state index is 10.9. The van der Waals surface area contributed by atoms with Crippen molar-refractivity contribution in [2.45, 2.75) is 31.4 Å². The molecular formula is C8H13N3O2S. The monoisotopic (exact) mass is 215 g/mol. The lowest BCUT2D eigenvalue weighted by molar-refractivity contribution is 0.595. The van der Waals surface area contributed by atoms with E-state index in [2.05, 4.69) is 10.2 Å². The predicted octanol–water partition coefficient (Wildman–Crippen LogP) is 0.0770. The van der Waals surface area contributed by atoms with Crippen LogP contribution in [0.3, 0.4) is 0 Å². The molecule has 14 heavy (non-hydrogen) atoms. The third-order valence-electron chi connectivity index (χ3n) is 2.48. The van der Waals surface area contributed by atoms with E-state index in [0.717, 1.165) is 36.9 Å². The molecule has 1 aromatic rings. The number of H-pyrrole nitrogens is 1. The fraction of sp³-hybridized carbons (Fsp3) is 0.625. The van der Waals surface area contributed by atoms with E-state index >= 15 is 0 Å². The summed E-state index contributed by atoms with van der Waals surface area (Å²) in [4.78, 5) is 0. The molecule has 0 aliphatic heterocycles. The zero-order chi connectivity index (χ0) is 10.2. The van der Waals surface area contributed by atoms with E-state index in [1.54, 1.807) is 0 Å². The maximum Gasteiger partial charge on any atom is 0.214 e. The number of aromatic nitrogens is 2. The number of primary sulfonamides is 1. The van der Waals surface area contributed by atoms with Crippen LogP contribution in [0.2, 0.25) is 0 Å². The summed E-state index contributed by atoms with van der Waals surface area (Å²) in [6.07, 6.45) is 4.12. The topological polar surface area (TPSA) is 88.8 Å². The molecule has 1 heterocycles. The normalized spacial score (nSPS) is 16.6. The molecule has 0 radical (unpaired) electrons. The summed E-state index contributed by atoms with van der Waals surface area (Å²) in [6, 6.07) is 0. The molecule has 1 aliphatic rings. The van der Waals surface area contributed by atoms with Gasteiger partial charge in [-0.3, -0.25) is 5.10 Å². The van der Waals surface area contributed by atoms with E-state index < -0.39 is 10.0 Å². The Labute approximate surface area is 82.7 Å². The second-order valence-corrected chi connectivity index (χ2v) is 5.26. The van der Waals surface area contributed by atoms with Crippen molar-refractivity contribution >= 4 is 10.0 Å². The zero-order valence-corrected chi connectivity index (χ0v) is 8.60. The van der Waals surface area contributed by atoms with Gasteiger partial charge in [0.2, 0.25) is 10.0 Å². The Kier molecular flexibility index (Phi) is 2.32. The van der Waals surface area contributed by atoms with Gasteiger partial charge in [-0.05, 0) is 31.2 Å². The highest BCUT2D eigenvalue weighted by atomic mass is 32.2. The van der Waals surface area contributed by atoms with Crippen LogP contribution in [0.1, 0.15) is 29.8 Å². The predicted molar refractivity (Wildman–Crippen MR) is 52.0 cm³/mol. The number of hydrogen-bond acceptors (Lipinski definition) is 3. The summed E-state index contributed by atoms with van der Waals surface area (Å²) < 4.78 is 21.8. The molecule has 2 rings (SSSR count). The van der Waals surface area contributed by atoms with Crippen molar-refractivity contribution in [2.75, 3.05) is 0 Å². The van der Waals surface area contributed by atoms with Gasteiger partial charge in [-0.25, -0.2) is 13.6 Å². The number of sulfonamides is 1. The molecule has 0 aromatic carbocycles. The van der Waals surface area contributed by atoms with Crippen LogP contribution in [0.4, 0.5) is 0 Å². The first-order valence-corrected chi connectivity index (χ1v) is 6.33. The largest absolute Gasteiger partial charge is 0.282 e. The minimum Gasteiger partial charge on any atom is -0.282 e. The van der Waals surface area contributed by atoms with Gasteiger partial charge in [0.1, 0.15) is 5.75 Å². The second-order valence-electron chi connectivity index (χ2n) is 3.64. The highest BCUT2D eigenvalue weighted by molar-refractivity contribution is 7.88. The first kappa shape index (κ1) is 9.67. The quantitative estimate of drug-likeness (QED) is 0.732. The zero-order valence-electron chi connectivity index (χ0n) is 7.78. The number of hydrogen-bond donors (Lipinski definition) is 2. The number of aromatic amines is 1. The van der Waals surface area contributed by atoms with Gasteiger partial charge in [-0.15, -0.1) is 0 Å². The first-order valence-electron chi connectivity index (χ1n) is 4.62. The van der Waals surface area contributed by atoms with E-state index in [0.29, 0.717) is 5.69 Å². The highest BCUT2D eigenvalue weighted by Crippen LogP contribution is 2.22. The van der Waals surface area contributed by atoms with E-state index in [-0.39, 0.29) is 5.75 Å². The van der Waals surface area contributed by atoms with E-state index in [4.69, 9.17) is 5.14 Å². The minimum absolute atomic E-state index is 0.154. The van der Waals surface area contributed by atoms with Crippen molar-refractivity contribution in [2.24, 2.45) is 5.14 Å². The molecular weight excluding hydrogens is 202 g/mol. The Hall–Kier alpha value is -0.880. The number of aryl methyl sites for hydroxylation is 1. The average Bonchev–Trinajstić information content (AvgIpc) is 2.47. The summed E-state index contributed by atoms with van der Waals surface area (Å²) in [7, 11) is -3.46. The van der Waals surface area contributed by atoms with Crippen molar-refractivity contribution in [1.82, 2.24) is 10.2 Å². The van der Waals surface area contributed by atoms with E-state index in [1.807, 2.05) is 0 Å². The van der Waals surface area contributed by atoms with Gasteiger partial charge in [-0.1, -0.05) is 0 Å². The van der Waals surface area contributed by atoms with Gasteiger partial charge in [0.25, 0.3) is 0 Å². The molecule has 1 aromatic heterocycles. The molecule has 0 spiro atoms. The van der Waals surface area contributed by atoms with Gasteiger partial charge in [0, 0.05) is 5.69 Å². The third kappa shape index (κ3) is 1.96. The number of fused-ring (bicyclic) bond motifs is 1. The molecule has 0 fully saturated rings. The Morgan fingerprint density at radius 3 is 2.79 bits per heavy atom. The molecule has 0 bridgehead atoms. The van der Waals surface area contributed by atoms with Crippen LogP contribution >= 0.6 is 0 Å². The Morgan fingerprint density at radius 1 is 1.36 bits per heavy atom. The van der Waals surface area contributed by atoms with Crippen LogP contribution in [-0.2, 0) is 28.6 Å². The molecule has 0 atom stereocenters. The molecule has 0 saturated carbocycles. The summed E-state index contributed by atoms with van der Waals surface area (Å²) >= 11 is 0. The number of nitrogens with zero attached hydrogens (tertiary/aromatic N) is 1. The molecule has 3 N–H and O–H groups in total. The Balaban J connectivity index is 2.31. The highest BCUT2D eigenvalue weighted by Gasteiger charge is 2.19. The summed E-state index contributed by atoms with van der Waals surface area (Å²) in [5, 5.41) is 11.9. The maximum atomic E-state index is 10.9. The molecule has 0 amide bonds. The van der Waals surface area contributed by atoms with Gasteiger partial charge in [0.05, 0.1) is 5.69 Å². The fourth-order valence-electron chi connectivity index (χ4n) is 1.86. The molecule has 5 nitrogen and oxygen atoms in total. The lowest BCUT2D eigenvalue weighted by Crippen LogP contribution is -2.16. The van der Waals surface area contributed by atoms with E-state index in [9.17, 15) is 8.42 Å². The lowest BCUT2D eigenvalue weighted by atomic mass is 9.96. The lowest BCUT2D eigenvalue weighted by Gasteiger charge is -2.10. The van der Waals surface area contributed by atoms with Crippen molar-refractivity contribution < 1.29 is 8.42 Å². The third-order valence-corrected chi connectivity index (χ3v) is 3.16. The van der Waals surface area contributed by atoms with Crippen LogP contribution in [0.15, 0.2) is 0 Å². The number of nitrogens with two attached hydrogens (primary N) is 1. The summed E-state index contributed by atoms with van der Waals surface area (Å²) in [6.45, 7) is 0.